The summed E-state index contributed by atoms with van der Waals surface area (Å²) < 4.78 is 49.9. The number of fused-ring (bicyclic) bond motifs is 1. The molecule has 0 fully saturated rings. The van der Waals surface area contributed by atoms with Crippen LogP contribution in [0.15, 0.2) is 71.5 Å². The first-order valence-corrected chi connectivity index (χ1v) is 9.73. The number of nitrogens with zero attached hydrogens (tertiary/aromatic N) is 1. The molecule has 0 amide bonds. The molecule has 0 bridgehead atoms. The summed E-state index contributed by atoms with van der Waals surface area (Å²) in [5.41, 5.74) is 2.94. The number of aliphatic carboxylic acids is 1. The lowest BCUT2D eigenvalue weighted by Crippen LogP contribution is -2.12. The molecule has 0 atom stereocenters. The maximum atomic E-state index is 12.8. The smallest absolute Gasteiger partial charge is 0.394 e. The summed E-state index contributed by atoms with van der Waals surface area (Å²) in [5, 5.41) is 9.86. The van der Waals surface area contributed by atoms with E-state index in [9.17, 15) is 18.0 Å². The molecule has 5 nitrogen and oxygen atoms in total. The molecule has 0 aliphatic rings. The van der Waals surface area contributed by atoms with Gasteiger partial charge in [0.2, 0.25) is 0 Å². The van der Waals surface area contributed by atoms with Crippen molar-refractivity contribution in [2.24, 2.45) is 0 Å². The third-order valence-electron chi connectivity index (χ3n) is 4.83. The van der Waals surface area contributed by atoms with Crippen LogP contribution in [0.4, 0.5) is 13.2 Å². The van der Waals surface area contributed by atoms with Crippen molar-refractivity contribution in [2.45, 2.75) is 25.6 Å². The van der Waals surface area contributed by atoms with Crippen molar-refractivity contribution >= 4 is 16.9 Å². The van der Waals surface area contributed by atoms with Crippen molar-refractivity contribution in [3.63, 3.8) is 0 Å². The number of carboxylic acids is 1. The van der Waals surface area contributed by atoms with Gasteiger partial charge in [0.05, 0.1) is 19.1 Å². The Morgan fingerprint density at radius 3 is 2.69 bits per heavy atom. The van der Waals surface area contributed by atoms with Gasteiger partial charge in [-0.2, -0.15) is 13.2 Å². The molecule has 4 aromatic rings. The predicted octanol–water partition coefficient (Wildman–Crippen LogP) is 5.81. The monoisotopic (exact) mass is 441 g/mol. The fraction of sp³-hybridized carbons (Fsp3) is 0.167. The molecule has 2 heterocycles. The van der Waals surface area contributed by atoms with Crippen LogP contribution in [0.1, 0.15) is 16.8 Å². The molecule has 0 aliphatic heterocycles. The van der Waals surface area contributed by atoms with Crippen molar-refractivity contribution in [3.8, 4) is 16.9 Å². The summed E-state index contributed by atoms with van der Waals surface area (Å²) in [5.74, 6) is -0.504. The molecule has 2 aromatic carbocycles. The van der Waals surface area contributed by atoms with Crippen LogP contribution in [0.3, 0.4) is 0 Å². The molecule has 0 saturated heterocycles. The number of para-hydroxylation sites is 1. The Bertz CT molecular complexity index is 1260. The van der Waals surface area contributed by atoms with Gasteiger partial charge in [0.25, 0.3) is 0 Å². The average Bonchev–Trinajstić information content (AvgIpc) is 3.20. The second kappa shape index (κ2) is 8.74. The lowest BCUT2D eigenvalue weighted by atomic mass is 10.0. The minimum Gasteiger partial charge on any atom is -0.489 e. The van der Waals surface area contributed by atoms with Gasteiger partial charge in [-0.3, -0.25) is 9.78 Å². The fourth-order valence-corrected chi connectivity index (χ4v) is 3.50. The first-order chi connectivity index (χ1) is 15.3. The first-order valence-electron chi connectivity index (χ1n) is 9.73. The molecular formula is C24H18F3NO4. The van der Waals surface area contributed by atoms with Crippen LogP contribution in [0.25, 0.3) is 22.1 Å². The zero-order valence-corrected chi connectivity index (χ0v) is 16.7. The molecule has 1 N–H and O–H groups in total. The number of alkyl halides is 3. The third-order valence-corrected chi connectivity index (χ3v) is 4.83. The van der Waals surface area contributed by atoms with E-state index in [4.69, 9.17) is 14.3 Å². The van der Waals surface area contributed by atoms with Crippen LogP contribution < -0.4 is 4.74 Å². The fourth-order valence-electron chi connectivity index (χ4n) is 3.50. The maximum Gasteiger partial charge on any atom is 0.394 e. The summed E-state index contributed by atoms with van der Waals surface area (Å²) in [6.07, 6.45) is -2.79. The Labute approximate surface area is 181 Å². The van der Waals surface area contributed by atoms with Gasteiger partial charge in [-0.15, -0.1) is 0 Å². The SMILES string of the molecule is O=C(O)Cc1ccccc1OCc1cc(-c2ccnc(CC(F)(F)F)c2)c2occc2c1. The van der Waals surface area contributed by atoms with Gasteiger partial charge in [0.15, 0.2) is 0 Å². The van der Waals surface area contributed by atoms with E-state index >= 15 is 0 Å². The number of carbonyl (C=O) groups is 1. The average molecular weight is 441 g/mol. The van der Waals surface area contributed by atoms with Crippen LogP contribution in [0, 0.1) is 0 Å². The van der Waals surface area contributed by atoms with E-state index in [-0.39, 0.29) is 18.7 Å². The number of hydrogen-bond acceptors (Lipinski definition) is 4. The van der Waals surface area contributed by atoms with E-state index in [2.05, 4.69) is 4.98 Å². The summed E-state index contributed by atoms with van der Waals surface area (Å²) >= 11 is 0. The van der Waals surface area contributed by atoms with E-state index in [1.807, 2.05) is 6.07 Å². The number of carboxylic acid groups (broad SMARTS) is 1. The number of furan rings is 1. The highest BCUT2D eigenvalue weighted by atomic mass is 19.4. The minimum atomic E-state index is -4.36. The lowest BCUT2D eigenvalue weighted by molar-refractivity contribution is -0.136. The highest BCUT2D eigenvalue weighted by molar-refractivity contribution is 5.93. The van der Waals surface area contributed by atoms with Gasteiger partial charge in [-0.25, -0.2) is 0 Å². The number of ether oxygens (including phenoxy) is 1. The van der Waals surface area contributed by atoms with Crippen molar-refractivity contribution < 1.29 is 32.2 Å². The van der Waals surface area contributed by atoms with Crippen molar-refractivity contribution in [2.75, 3.05) is 0 Å². The zero-order chi connectivity index (χ0) is 22.7. The van der Waals surface area contributed by atoms with E-state index in [1.54, 1.807) is 42.5 Å². The van der Waals surface area contributed by atoms with Crippen molar-refractivity contribution in [1.82, 2.24) is 4.98 Å². The Kier molecular flexibility index (Phi) is 5.85. The maximum absolute atomic E-state index is 12.8. The minimum absolute atomic E-state index is 0.0843. The van der Waals surface area contributed by atoms with E-state index in [0.717, 1.165) is 10.9 Å². The molecule has 2 aromatic heterocycles. The van der Waals surface area contributed by atoms with E-state index in [1.165, 1.54) is 18.5 Å². The van der Waals surface area contributed by atoms with Crippen LogP contribution in [0.5, 0.6) is 5.75 Å². The molecule has 8 heteroatoms. The quantitative estimate of drug-likeness (QED) is 0.392. The summed E-state index contributed by atoms with van der Waals surface area (Å²) in [7, 11) is 0. The Morgan fingerprint density at radius 1 is 1.09 bits per heavy atom. The number of benzene rings is 2. The number of pyridine rings is 1. The largest absolute Gasteiger partial charge is 0.489 e. The van der Waals surface area contributed by atoms with Gasteiger partial charge >= 0.3 is 12.1 Å². The van der Waals surface area contributed by atoms with Gasteiger partial charge in [-0.1, -0.05) is 18.2 Å². The normalized spacial score (nSPS) is 11.6. The number of hydrogen-bond donors (Lipinski definition) is 1. The van der Waals surface area contributed by atoms with Gasteiger partial charge in [-0.05, 0) is 47.5 Å². The van der Waals surface area contributed by atoms with Gasteiger partial charge < -0.3 is 14.3 Å². The second-order valence-electron chi connectivity index (χ2n) is 7.28. The summed E-state index contributed by atoms with van der Waals surface area (Å²) in [6, 6.07) is 15.3. The standard InChI is InChI=1S/C24H18F3NO4/c25-24(26,27)13-19-11-16(5-7-28-19)20-10-15(9-18-6-8-31-23(18)20)14-32-21-4-2-1-3-17(21)12-22(29)30/h1-11H,12-14H2,(H,29,30). The number of aromatic nitrogens is 1. The van der Waals surface area contributed by atoms with E-state index in [0.29, 0.717) is 28.0 Å². The molecule has 0 radical (unpaired) electrons. The van der Waals surface area contributed by atoms with Gasteiger partial charge in [0.1, 0.15) is 17.9 Å². The number of halogens is 3. The van der Waals surface area contributed by atoms with Crippen LogP contribution in [-0.4, -0.2) is 22.2 Å². The van der Waals surface area contributed by atoms with E-state index < -0.39 is 18.6 Å². The summed E-state index contributed by atoms with van der Waals surface area (Å²) in [6.45, 7) is 0.144. The third kappa shape index (κ3) is 5.08. The Balaban J connectivity index is 1.65. The highest BCUT2D eigenvalue weighted by Crippen LogP contribution is 2.33. The molecule has 0 saturated carbocycles. The van der Waals surface area contributed by atoms with Crippen LogP contribution >= 0.6 is 0 Å². The van der Waals surface area contributed by atoms with Gasteiger partial charge in [0, 0.05) is 28.4 Å². The zero-order valence-electron chi connectivity index (χ0n) is 16.7. The molecule has 164 valence electrons. The second-order valence-corrected chi connectivity index (χ2v) is 7.28. The Hall–Kier alpha value is -3.81. The molecule has 4 rings (SSSR count). The summed E-state index contributed by atoms with van der Waals surface area (Å²) in [4.78, 5) is 14.9. The van der Waals surface area contributed by atoms with Crippen LogP contribution in [-0.2, 0) is 24.2 Å². The molecular weight excluding hydrogens is 423 g/mol. The van der Waals surface area contributed by atoms with Crippen molar-refractivity contribution in [3.05, 3.63) is 83.9 Å². The Morgan fingerprint density at radius 2 is 1.91 bits per heavy atom. The topological polar surface area (TPSA) is 72.6 Å². The van der Waals surface area contributed by atoms with Crippen LogP contribution in [0.2, 0.25) is 0 Å². The molecule has 32 heavy (non-hydrogen) atoms. The van der Waals surface area contributed by atoms with Crippen molar-refractivity contribution in [1.29, 1.82) is 0 Å². The molecule has 0 unspecified atom stereocenters. The predicted molar refractivity (Wildman–Crippen MR) is 111 cm³/mol. The molecule has 0 spiro atoms. The number of rotatable bonds is 7. The lowest BCUT2D eigenvalue weighted by Gasteiger charge is -2.12. The first kappa shape index (κ1) is 21.4. The highest BCUT2D eigenvalue weighted by Gasteiger charge is 2.28. The molecule has 0 aliphatic carbocycles.